The van der Waals surface area contributed by atoms with E-state index >= 15 is 0 Å². The smallest absolute Gasteiger partial charge is 0.132 e. The number of thiophene rings is 1. The zero-order valence-electron chi connectivity index (χ0n) is 11.8. The molecule has 0 saturated heterocycles. The van der Waals surface area contributed by atoms with E-state index in [0.29, 0.717) is 0 Å². The molecular formula is C14H20N4S. The monoisotopic (exact) mass is 276 g/mol. The second kappa shape index (κ2) is 6.02. The van der Waals surface area contributed by atoms with Crippen molar-refractivity contribution in [2.24, 2.45) is 0 Å². The molecule has 0 radical (unpaired) electrons. The fourth-order valence-electron chi connectivity index (χ4n) is 1.84. The van der Waals surface area contributed by atoms with Gasteiger partial charge in [0.25, 0.3) is 0 Å². The first kappa shape index (κ1) is 13.8. The van der Waals surface area contributed by atoms with E-state index in [4.69, 9.17) is 0 Å². The summed E-state index contributed by atoms with van der Waals surface area (Å²) < 4.78 is 0. The van der Waals surface area contributed by atoms with Crippen molar-refractivity contribution in [2.75, 3.05) is 17.7 Å². The van der Waals surface area contributed by atoms with Crippen molar-refractivity contribution in [3.05, 3.63) is 33.8 Å². The van der Waals surface area contributed by atoms with Crippen molar-refractivity contribution < 1.29 is 0 Å². The maximum atomic E-state index is 4.51. The van der Waals surface area contributed by atoms with Crippen LogP contribution in [0.25, 0.3) is 0 Å². The number of nitrogens with one attached hydrogen (secondary N) is 2. The van der Waals surface area contributed by atoms with E-state index < -0.39 is 0 Å². The second-order valence-corrected chi connectivity index (χ2v) is 5.79. The first-order valence-electron chi connectivity index (χ1n) is 6.51. The number of nitrogens with zero attached hydrogens (tertiary/aromatic N) is 2. The van der Waals surface area contributed by atoms with Crippen LogP contribution < -0.4 is 10.6 Å². The van der Waals surface area contributed by atoms with Gasteiger partial charge in [-0.15, -0.1) is 11.3 Å². The van der Waals surface area contributed by atoms with E-state index in [9.17, 15) is 0 Å². The maximum absolute atomic E-state index is 4.51. The van der Waals surface area contributed by atoms with Gasteiger partial charge in [-0.25, -0.2) is 9.97 Å². The van der Waals surface area contributed by atoms with E-state index in [-0.39, 0.29) is 6.04 Å². The van der Waals surface area contributed by atoms with Crippen LogP contribution in [0, 0.1) is 6.92 Å². The normalized spacial score (nSPS) is 12.2. The summed E-state index contributed by atoms with van der Waals surface area (Å²) in [5.41, 5.74) is 0. The molecule has 0 aromatic carbocycles. The van der Waals surface area contributed by atoms with Crippen LogP contribution in [-0.4, -0.2) is 17.0 Å². The molecule has 2 rings (SSSR count). The van der Waals surface area contributed by atoms with Crippen LogP contribution >= 0.6 is 11.3 Å². The van der Waals surface area contributed by atoms with Gasteiger partial charge < -0.3 is 10.6 Å². The van der Waals surface area contributed by atoms with Gasteiger partial charge >= 0.3 is 0 Å². The fourth-order valence-corrected chi connectivity index (χ4v) is 2.72. The van der Waals surface area contributed by atoms with E-state index in [1.54, 1.807) is 0 Å². The molecule has 2 heterocycles. The number of aryl methyl sites for hydroxylation is 2. The summed E-state index contributed by atoms with van der Waals surface area (Å²) in [6.07, 6.45) is 0.830. The van der Waals surface area contributed by atoms with Crippen LogP contribution in [0.15, 0.2) is 18.2 Å². The predicted molar refractivity (Wildman–Crippen MR) is 82.1 cm³/mol. The summed E-state index contributed by atoms with van der Waals surface area (Å²) in [4.78, 5) is 11.6. The third kappa shape index (κ3) is 3.44. The number of rotatable bonds is 5. The van der Waals surface area contributed by atoms with E-state index in [0.717, 1.165) is 23.9 Å². The summed E-state index contributed by atoms with van der Waals surface area (Å²) >= 11 is 1.81. The Labute approximate surface area is 118 Å². The third-order valence-electron chi connectivity index (χ3n) is 2.90. The van der Waals surface area contributed by atoms with Gasteiger partial charge in [0.1, 0.15) is 17.5 Å². The molecule has 0 aliphatic heterocycles. The Balaban J connectivity index is 2.18. The predicted octanol–water partition coefficient (Wildman–Crippen LogP) is 3.62. The van der Waals surface area contributed by atoms with Gasteiger partial charge in [0, 0.05) is 29.3 Å². The van der Waals surface area contributed by atoms with Gasteiger partial charge in [0.05, 0.1) is 6.04 Å². The highest BCUT2D eigenvalue weighted by Gasteiger charge is 2.10. The quantitative estimate of drug-likeness (QED) is 0.875. The summed E-state index contributed by atoms with van der Waals surface area (Å²) in [5.74, 6) is 2.57. The first-order chi connectivity index (χ1) is 9.12. The minimum Gasteiger partial charge on any atom is -0.373 e. The molecule has 0 aliphatic carbocycles. The van der Waals surface area contributed by atoms with Crippen LogP contribution in [0.1, 0.15) is 35.5 Å². The summed E-state index contributed by atoms with van der Waals surface area (Å²) in [6, 6.07) is 6.51. The lowest BCUT2D eigenvalue weighted by Gasteiger charge is -2.14. The first-order valence-corrected chi connectivity index (χ1v) is 7.32. The zero-order valence-corrected chi connectivity index (χ0v) is 12.6. The Morgan fingerprint density at radius 3 is 2.58 bits per heavy atom. The molecular weight excluding hydrogens is 256 g/mol. The average Bonchev–Trinajstić information content (AvgIpc) is 2.85. The molecule has 1 atom stereocenters. The van der Waals surface area contributed by atoms with Crippen molar-refractivity contribution >= 4 is 23.0 Å². The Bertz CT molecular complexity index is 528. The molecule has 1 unspecified atom stereocenters. The highest BCUT2D eigenvalue weighted by Crippen LogP contribution is 2.25. The second-order valence-electron chi connectivity index (χ2n) is 4.47. The van der Waals surface area contributed by atoms with Crippen LogP contribution in [-0.2, 0) is 6.42 Å². The van der Waals surface area contributed by atoms with Gasteiger partial charge in [-0.3, -0.25) is 0 Å². The molecule has 0 saturated carbocycles. The summed E-state index contributed by atoms with van der Waals surface area (Å²) in [6.45, 7) is 6.34. The number of hydrogen-bond donors (Lipinski definition) is 2. The fraction of sp³-hybridized carbons (Fsp3) is 0.429. The standard InChI is InChI=1S/C14H20N4S/c1-5-12-17-13(15-4)8-14(18-12)16-10(3)11-7-6-9(2)19-11/h6-8,10H,5H2,1-4H3,(H2,15,16,17,18). The number of anilines is 2. The molecule has 0 bridgehead atoms. The van der Waals surface area contributed by atoms with E-state index in [2.05, 4.69) is 53.5 Å². The lowest BCUT2D eigenvalue weighted by molar-refractivity contribution is 0.873. The van der Waals surface area contributed by atoms with Crippen LogP contribution in [0.2, 0.25) is 0 Å². The molecule has 4 nitrogen and oxygen atoms in total. The molecule has 102 valence electrons. The van der Waals surface area contributed by atoms with Gasteiger partial charge in [-0.05, 0) is 26.0 Å². The molecule has 2 N–H and O–H groups in total. The van der Waals surface area contributed by atoms with Crippen molar-refractivity contribution in [3.8, 4) is 0 Å². The highest BCUT2D eigenvalue weighted by molar-refractivity contribution is 7.12. The number of hydrogen-bond acceptors (Lipinski definition) is 5. The van der Waals surface area contributed by atoms with Gasteiger partial charge in [0.2, 0.25) is 0 Å². The Morgan fingerprint density at radius 1 is 1.26 bits per heavy atom. The van der Waals surface area contributed by atoms with Crippen molar-refractivity contribution in [2.45, 2.75) is 33.2 Å². The Hall–Kier alpha value is -1.62. The van der Waals surface area contributed by atoms with Crippen LogP contribution in [0.5, 0.6) is 0 Å². The molecule has 0 amide bonds. The minimum atomic E-state index is 0.253. The topological polar surface area (TPSA) is 49.8 Å². The van der Waals surface area contributed by atoms with Gasteiger partial charge in [0.15, 0.2) is 0 Å². The van der Waals surface area contributed by atoms with Crippen LogP contribution in [0.4, 0.5) is 11.6 Å². The van der Waals surface area contributed by atoms with Crippen molar-refractivity contribution in [3.63, 3.8) is 0 Å². The van der Waals surface area contributed by atoms with E-state index in [1.165, 1.54) is 9.75 Å². The average molecular weight is 276 g/mol. The highest BCUT2D eigenvalue weighted by atomic mass is 32.1. The lowest BCUT2D eigenvalue weighted by Crippen LogP contribution is -2.09. The molecule has 0 spiro atoms. The van der Waals surface area contributed by atoms with Crippen molar-refractivity contribution in [1.82, 2.24) is 9.97 Å². The van der Waals surface area contributed by atoms with Crippen LogP contribution in [0.3, 0.4) is 0 Å². The molecule has 2 aromatic rings. The number of aromatic nitrogens is 2. The zero-order chi connectivity index (χ0) is 13.8. The molecule has 5 heteroatoms. The van der Waals surface area contributed by atoms with Gasteiger partial charge in [-0.1, -0.05) is 6.92 Å². The molecule has 2 aromatic heterocycles. The Kier molecular flexibility index (Phi) is 4.37. The van der Waals surface area contributed by atoms with Crippen molar-refractivity contribution in [1.29, 1.82) is 0 Å². The molecule has 19 heavy (non-hydrogen) atoms. The maximum Gasteiger partial charge on any atom is 0.132 e. The molecule has 0 aliphatic rings. The minimum absolute atomic E-state index is 0.253. The summed E-state index contributed by atoms with van der Waals surface area (Å²) in [5, 5.41) is 6.51. The summed E-state index contributed by atoms with van der Waals surface area (Å²) in [7, 11) is 1.87. The largest absolute Gasteiger partial charge is 0.373 e. The lowest BCUT2D eigenvalue weighted by atomic mass is 10.2. The SMILES string of the molecule is CCc1nc(NC)cc(NC(C)c2ccc(C)s2)n1. The third-order valence-corrected chi connectivity index (χ3v) is 4.08. The van der Waals surface area contributed by atoms with Gasteiger partial charge in [-0.2, -0.15) is 0 Å². The Morgan fingerprint density at radius 2 is 2.00 bits per heavy atom. The van der Waals surface area contributed by atoms with E-state index in [1.807, 2.05) is 24.5 Å². The molecule has 0 fully saturated rings.